The molecule has 0 aliphatic carbocycles. The van der Waals surface area contributed by atoms with E-state index in [1.165, 1.54) is 38.5 Å². The van der Waals surface area contributed by atoms with Crippen LogP contribution in [0, 0.1) is 0 Å². The van der Waals surface area contributed by atoms with E-state index in [1.807, 2.05) is 0 Å². The molecule has 0 bridgehead atoms. The van der Waals surface area contributed by atoms with Crippen molar-refractivity contribution < 1.29 is 91.5 Å². The molecule has 7 nitrogen and oxygen atoms in total. The van der Waals surface area contributed by atoms with Gasteiger partial charge in [0.05, 0.1) is 6.61 Å². The van der Waals surface area contributed by atoms with Gasteiger partial charge in [0.25, 0.3) is 0 Å². The SMILES string of the molecule is CCCCCCCCCCCCOC(=O)C(CC(=O)[O-])S(=O)(=O)[O-].[Na+].[Na+]. The quantitative estimate of drug-likeness (QED) is 0.115. The number of unbranched alkanes of at least 4 members (excludes halogenated alkanes) is 9. The molecule has 0 aromatic heterocycles. The third-order valence-corrected chi connectivity index (χ3v) is 4.76. The molecule has 0 aliphatic heterocycles. The van der Waals surface area contributed by atoms with Crippen LogP contribution in [0.4, 0.5) is 0 Å². The molecular weight excluding hydrogens is 382 g/mol. The monoisotopic (exact) mass is 410 g/mol. The van der Waals surface area contributed by atoms with Crippen molar-refractivity contribution >= 4 is 22.1 Å². The maximum Gasteiger partial charge on any atom is 1.00 e. The Morgan fingerprint density at radius 1 is 0.885 bits per heavy atom. The van der Waals surface area contributed by atoms with Crippen LogP contribution in [-0.2, 0) is 24.4 Å². The Hall–Kier alpha value is 0.850. The third kappa shape index (κ3) is 18.2. The zero-order valence-electron chi connectivity index (χ0n) is 16.3. The Labute approximate surface area is 201 Å². The number of esters is 1. The van der Waals surface area contributed by atoms with Crippen molar-refractivity contribution in [3.63, 3.8) is 0 Å². The van der Waals surface area contributed by atoms with Crippen LogP contribution in [0.5, 0.6) is 0 Å². The molecule has 1 atom stereocenters. The maximum absolute atomic E-state index is 11.5. The number of carboxylic acids is 1. The molecule has 0 N–H and O–H groups in total. The van der Waals surface area contributed by atoms with Gasteiger partial charge in [-0.1, -0.05) is 64.7 Å². The summed E-state index contributed by atoms with van der Waals surface area (Å²) in [4.78, 5) is 21.9. The van der Waals surface area contributed by atoms with E-state index in [0.29, 0.717) is 6.42 Å². The van der Waals surface area contributed by atoms with Crippen molar-refractivity contribution in [3.8, 4) is 0 Å². The van der Waals surface area contributed by atoms with E-state index in [1.54, 1.807) is 0 Å². The molecule has 0 aliphatic rings. The van der Waals surface area contributed by atoms with Gasteiger partial charge in [-0.05, 0) is 6.42 Å². The summed E-state index contributed by atoms with van der Waals surface area (Å²) in [6.45, 7) is 2.16. The van der Waals surface area contributed by atoms with Gasteiger partial charge in [-0.25, -0.2) is 8.42 Å². The van der Waals surface area contributed by atoms with Crippen molar-refractivity contribution in [1.29, 1.82) is 0 Å². The summed E-state index contributed by atoms with van der Waals surface area (Å²) in [6, 6.07) is 0. The van der Waals surface area contributed by atoms with Crippen LogP contribution in [0.3, 0.4) is 0 Å². The van der Waals surface area contributed by atoms with Crippen molar-refractivity contribution in [2.75, 3.05) is 6.61 Å². The van der Waals surface area contributed by atoms with Crippen LogP contribution in [-0.4, -0.2) is 36.8 Å². The van der Waals surface area contributed by atoms with Gasteiger partial charge >= 0.3 is 65.1 Å². The molecule has 142 valence electrons. The first kappa shape index (κ1) is 31.5. The summed E-state index contributed by atoms with van der Waals surface area (Å²) in [6.07, 6.45) is 9.75. The first-order valence-electron chi connectivity index (χ1n) is 8.60. The molecule has 0 rings (SSSR count). The minimum absolute atomic E-state index is 0. The predicted octanol–water partition coefficient (Wildman–Crippen LogP) is -4.49. The summed E-state index contributed by atoms with van der Waals surface area (Å²) in [5.74, 6) is -3.10. The fourth-order valence-corrected chi connectivity index (χ4v) is 2.95. The van der Waals surface area contributed by atoms with Crippen LogP contribution < -0.4 is 64.2 Å². The molecule has 0 radical (unpaired) electrons. The van der Waals surface area contributed by atoms with Gasteiger partial charge in [0, 0.05) is 12.4 Å². The Kier molecular flexibility index (Phi) is 23.3. The van der Waals surface area contributed by atoms with E-state index in [0.717, 1.165) is 19.3 Å². The first-order valence-corrected chi connectivity index (χ1v) is 10.1. The summed E-state index contributed by atoms with van der Waals surface area (Å²) >= 11 is 0. The molecule has 0 saturated carbocycles. The van der Waals surface area contributed by atoms with E-state index >= 15 is 0 Å². The van der Waals surface area contributed by atoms with Gasteiger partial charge in [-0.3, -0.25) is 4.79 Å². The molecule has 0 aromatic rings. The van der Waals surface area contributed by atoms with Crippen molar-refractivity contribution in [3.05, 3.63) is 0 Å². The molecule has 1 unspecified atom stereocenters. The predicted molar refractivity (Wildman–Crippen MR) is 85.9 cm³/mol. The van der Waals surface area contributed by atoms with Gasteiger partial charge in [0.15, 0.2) is 5.25 Å². The van der Waals surface area contributed by atoms with Gasteiger partial charge in [-0.2, -0.15) is 0 Å². The summed E-state index contributed by atoms with van der Waals surface area (Å²) in [5, 5.41) is 8.17. The first-order chi connectivity index (χ1) is 11.3. The molecule has 26 heavy (non-hydrogen) atoms. The van der Waals surface area contributed by atoms with Crippen LogP contribution in [0.2, 0.25) is 0 Å². The second kappa shape index (κ2) is 19.2. The molecule has 0 saturated heterocycles. The standard InChI is InChI=1S/C16H30O7S.2Na/c1-2-3-4-5-6-7-8-9-10-11-12-23-16(19)14(13-15(17)18)24(20,21)22;;/h14H,2-13H2,1H3,(H,17,18)(H,20,21,22);;/q;2*+1/p-2. The number of carbonyl (C=O) groups excluding carboxylic acids is 2. The largest absolute Gasteiger partial charge is 1.00 e. The van der Waals surface area contributed by atoms with Crippen LogP contribution in [0.15, 0.2) is 0 Å². The fourth-order valence-electron chi connectivity index (χ4n) is 2.31. The number of ether oxygens (including phenoxy) is 1. The van der Waals surface area contributed by atoms with E-state index in [-0.39, 0.29) is 65.7 Å². The van der Waals surface area contributed by atoms with Crippen molar-refractivity contribution in [2.24, 2.45) is 0 Å². The van der Waals surface area contributed by atoms with E-state index in [4.69, 9.17) is 4.74 Å². The minimum Gasteiger partial charge on any atom is -0.747 e. The Morgan fingerprint density at radius 2 is 1.31 bits per heavy atom. The van der Waals surface area contributed by atoms with Crippen LogP contribution >= 0.6 is 0 Å². The van der Waals surface area contributed by atoms with Gasteiger partial charge < -0.3 is 19.2 Å². The molecule has 0 heterocycles. The van der Waals surface area contributed by atoms with Gasteiger partial charge in [-0.15, -0.1) is 0 Å². The second-order valence-electron chi connectivity index (χ2n) is 5.91. The van der Waals surface area contributed by atoms with Gasteiger partial charge in [0.2, 0.25) is 0 Å². The normalized spacial score (nSPS) is 11.8. The molecule has 0 aromatic carbocycles. The van der Waals surface area contributed by atoms with Crippen molar-refractivity contribution in [1.82, 2.24) is 0 Å². The Morgan fingerprint density at radius 3 is 1.69 bits per heavy atom. The molecule has 0 amide bonds. The summed E-state index contributed by atoms with van der Waals surface area (Å²) in [5.41, 5.74) is 0. The van der Waals surface area contributed by atoms with E-state index in [2.05, 4.69) is 6.92 Å². The third-order valence-electron chi connectivity index (χ3n) is 3.71. The second-order valence-corrected chi connectivity index (χ2v) is 7.46. The topological polar surface area (TPSA) is 124 Å². The Bertz CT molecular complexity index is 469. The maximum atomic E-state index is 11.5. The fraction of sp³-hybridized carbons (Fsp3) is 0.875. The van der Waals surface area contributed by atoms with E-state index < -0.39 is 33.7 Å². The number of aliphatic carboxylic acids is 1. The molecule has 0 fully saturated rings. The van der Waals surface area contributed by atoms with Gasteiger partial charge in [0.1, 0.15) is 10.1 Å². The molecule has 10 heteroatoms. The molecular formula is C16H28Na2O7S. The average Bonchev–Trinajstić information content (AvgIpc) is 2.48. The Balaban J connectivity index is -0.00000264. The summed E-state index contributed by atoms with van der Waals surface area (Å²) in [7, 11) is -5.07. The summed E-state index contributed by atoms with van der Waals surface area (Å²) < 4.78 is 37.3. The van der Waals surface area contributed by atoms with Crippen LogP contribution in [0.25, 0.3) is 0 Å². The van der Waals surface area contributed by atoms with E-state index in [9.17, 15) is 27.7 Å². The average molecular weight is 410 g/mol. The number of hydrogen-bond donors (Lipinski definition) is 0. The zero-order chi connectivity index (χ0) is 18.4. The number of carbonyl (C=O) groups is 2. The number of hydrogen-bond acceptors (Lipinski definition) is 7. The zero-order valence-corrected chi connectivity index (χ0v) is 21.1. The number of rotatable bonds is 15. The van der Waals surface area contributed by atoms with Crippen LogP contribution in [0.1, 0.15) is 77.6 Å². The smallest absolute Gasteiger partial charge is 0.747 e. The number of carboxylic acid groups (broad SMARTS) is 1. The van der Waals surface area contributed by atoms with Crippen molar-refractivity contribution in [2.45, 2.75) is 82.8 Å². The minimum atomic E-state index is -5.07. The molecule has 0 spiro atoms.